The molecule has 0 aromatic rings. The fourth-order valence-electron chi connectivity index (χ4n) is 2.02. The van der Waals surface area contributed by atoms with Crippen molar-refractivity contribution in [3.63, 3.8) is 0 Å². The van der Waals surface area contributed by atoms with Crippen LogP contribution in [0.3, 0.4) is 0 Å². The van der Waals surface area contributed by atoms with Gasteiger partial charge >= 0.3 is 0 Å². The van der Waals surface area contributed by atoms with Gasteiger partial charge in [-0.2, -0.15) is 0 Å². The summed E-state index contributed by atoms with van der Waals surface area (Å²) < 4.78 is 0. The van der Waals surface area contributed by atoms with Gasteiger partial charge in [0.2, 0.25) is 0 Å². The van der Waals surface area contributed by atoms with Gasteiger partial charge in [0.25, 0.3) is 0 Å². The SMILES string of the molecule is CCCCC(CCC)C1CC1. The van der Waals surface area contributed by atoms with Crippen LogP contribution in [-0.2, 0) is 0 Å². The maximum Gasteiger partial charge on any atom is -0.0386 e. The van der Waals surface area contributed by atoms with E-state index < -0.39 is 0 Å². The first kappa shape index (κ1) is 9.09. The zero-order chi connectivity index (χ0) is 8.10. The summed E-state index contributed by atoms with van der Waals surface area (Å²) >= 11 is 0. The number of rotatable bonds is 6. The maximum atomic E-state index is 2.32. The minimum absolute atomic E-state index is 1.10. The Balaban J connectivity index is 2.10. The first-order valence-electron chi connectivity index (χ1n) is 5.38. The summed E-state index contributed by atoms with van der Waals surface area (Å²) in [5, 5.41) is 0. The second-order valence-electron chi connectivity index (χ2n) is 4.03. The van der Waals surface area contributed by atoms with Gasteiger partial charge in [-0.1, -0.05) is 46.0 Å². The third-order valence-corrected chi connectivity index (χ3v) is 2.88. The molecule has 0 bridgehead atoms. The zero-order valence-electron chi connectivity index (χ0n) is 8.10. The van der Waals surface area contributed by atoms with Crippen LogP contribution in [-0.4, -0.2) is 0 Å². The quantitative estimate of drug-likeness (QED) is 0.542. The molecule has 11 heavy (non-hydrogen) atoms. The lowest BCUT2D eigenvalue weighted by Gasteiger charge is -2.13. The van der Waals surface area contributed by atoms with E-state index in [-0.39, 0.29) is 0 Å². The average Bonchev–Trinajstić information content (AvgIpc) is 2.80. The van der Waals surface area contributed by atoms with Crippen molar-refractivity contribution in [2.45, 2.75) is 58.8 Å². The Labute approximate surface area is 71.4 Å². The monoisotopic (exact) mass is 154 g/mol. The Morgan fingerprint density at radius 1 is 1.09 bits per heavy atom. The molecule has 0 heteroatoms. The molecule has 1 atom stereocenters. The van der Waals surface area contributed by atoms with Crippen molar-refractivity contribution in [2.75, 3.05) is 0 Å². The fourth-order valence-corrected chi connectivity index (χ4v) is 2.02. The molecule has 1 rings (SSSR count). The molecule has 1 saturated carbocycles. The van der Waals surface area contributed by atoms with Gasteiger partial charge in [-0.15, -0.1) is 0 Å². The molecule has 1 aliphatic rings. The van der Waals surface area contributed by atoms with Crippen molar-refractivity contribution in [3.8, 4) is 0 Å². The largest absolute Gasteiger partial charge is 0.0654 e. The first-order valence-corrected chi connectivity index (χ1v) is 5.38. The Hall–Kier alpha value is 0. The molecule has 0 aromatic carbocycles. The highest BCUT2D eigenvalue weighted by Gasteiger charge is 2.29. The minimum atomic E-state index is 1.10. The molecule has 66 valence electrons. The summed E-state index contributed by atoms with van der Waals surface area (Å²) in [5.74, 6) is 2.24. The lowest BCUT2D eigenvalue weighted by molar-refractivity contribution is 0.382. The minimum Gasteiger partial charge on any atom is -0.0654 e. The average molecular weight is 154 g/mol. The molecule has 1 aliphatic carbocycles. The van der Waals surface area contributed by atoms with Crippen molar-refractivity contribution < 1.29 is 0 Å². The van der Waals surface area contributed by atoms with Crippen LogP contribution in [0, 0.1) is 11.8 Å². The van der Waals surface area contributed by atoms with Crippen molar-refractivity contribution in [3.05, 3.63) is 0 Å². The highest BCUT2D eigenvalue weighted by molar-refractivity contribution is 4.80. The van der Waals surface area contributed by atoms with Crippen LogP contribution in [0.15, 0.2) is 0 Å². The predicted molar refractivity (Wildman–Crippen MR) is 50.6 cm³/mol. The van der Waals surface area contributed by atoms with E-state index in [0.29, 0.717) is 0 Å². The Bertz CT molecular complexity index is 92.2. The molecule has 0 N–H and O–H groups in total. The van der Waals surface area contributed by atoms with Gasteiger partial charge in [0.15, 0.2) is 0 Å². The van der Waals surface area contributed by atoms with Gasteiger partial charge in [0.1, 0.15) is 0 Å². The first-order chi connectivity index (χ1) is 5.38. The third kappa shape index (κ3) is 3.27. The molecular formula is C11H22. The van der Waals surface area contributed by atoms with E-state index in [4.69, 9.17) is 0 Å². The smallest absolute Gasteiger partial charge is 0.0386 e. The summed E-state index contributed by atoms with van der Waals surface area (Å²) in [4.78, 5) is 0. The van der Waals surface area contributed by atoms with Gasteiger partial charge in [0.05, 0.1) is 0 Å². The van der Waals surface area contributed by atoms with Crippen LogP contribution in [0.1, 0.15) is 58.8 Å². The summed E-state index contributed by atoms with van der Waals surface area (Å²) in [6, 6.07) is 0. The molecule has 0 aliphatic heterocycles. The van der Waals surface area contributed by atoms with Crippen LogP contribution >= 0.6 is 0 Å². The van der Waals surface area contributed by atoms with Crippen LogP contribution in [0.4, 0.5) is 0 Å². The second-order valence-corrected chi connectivity index (χ2v) is 4.03. The molecular weight excluding hydrogens is 132 g/mol. The Morgan fingerprint density at radius 2 is 1.82 bits per heavy atom. The lowest BCUT2D eigenvalue weighted by Crippen LogP contribution is -2.01. The summed E-state index contributed by atoms with van der Waals surface area (Å²) in [6.45, 7) is 4.62. The van der Waals surface area contributed by atoms with E-state index in [9.17, 15) is 0 Å². The van der Waals surface area contributed by atoms with E-state index in [1.54, 1.807) is 0 Å². The van der Waals surface area contributed by atoms with Gasteiger partial charge < -0.3 is 0 Å². The number of hydrogen-bond acceptors (Lipinski definition) is 0. The van der Waals surface area contributed by atoms with Gasteiger partial charge in [0, 0.05) is 0 Å². The molecule has 1 fully saturated rings. The Kier molecular flexibility index (Phi) is 3.96. The maximum absolute atomic E-state index is 2.32. The normalized spacial score (nSPS) is 20.2. The van der Waals surface area contributed by atoms with Crippen molar-refractivity contribution in [1.29, 1.82) is 0 Å². The van der Waals surface area contributed by atoms with Crippen LogP contribution in [0.25, 0.3) is 0 Å². The fraction of sp³-hybridized carbons (Fsp3) is 1.00. The standard InChI is InChI=1S/C11H22/c1-3-5-7-10(6-4-2)11-8-9-11/h10-11H,3-9H2,1-2H3. The zero-order valence-corrected chi connectivity index (χ0v) is 8.10. The molecule has 0 amide bonds. The molecule has 0 saturated heterocycles. The van der Waals surface area contributed by atoms with Crippen LogP contribution in [0.5, 0.6) is 0 Å². The van der Waals surface area contributed by atoms with Crippen molar-refractivity contribution in [2.24, 2.45) is 11.8 Å². The predicted octanol–water partition coefficient (Wildman–Crippen LogP) is 4.00. The van der Waals surface area contributed by atoms with Crippen LogP contribution in [0.2, 0.25) is 0 Å². The molecule has 0 heterocycles. The topological polar surface area (TPSA) is 0 Å². The highest BCUT2D eigenvalue weighted by Crippen LogP contribution is 2.41. The van der Waals surface area contributed by atoms with Gasteiger partial charge in [-0.05, 0) is 24.7 Å². The van der Waals surface area contributed by atoms with Crippen LogP contribution < -0.4 is 0 Å². The summed E-state index contributed by atoms with van der Waals surface area (Å²) in [5.41, 5.74) is 0. The van der Waals surface area contributed by atoms with E-state index >= 15 is 0 Å². The molecule has 0 radical (unpaired) electrons. The molecule has 0 nitrogen and oxygen atoms in total. The summed E-state index contributed by atoms with van der Waals surface area (Å²) in [6.07, 6.45) is 10.3. The summed E-state index contributed by atoms with van der Waals surface area (Å²) in [7, 11) is 0. The number of unbranched alkanes of at least 4 members (excludes halogenated alkanes) is 1. The van der Waals surface area contributed by atoms with Gasteiger partial charge in [-0.25, -0.2) is 0 Å². The third-order valence-electron chi connectivity index (χ3n) is 2.88. The Morgan fingerprint density at radius 3 is 2.27 bits per heavy atom. The van der Waals surface area contributed by atoms with Crippen molar-refractivity contribution in [1.82, 2.24) is 0 Å². The van der Waals surface area contributed by atoms with E-state index in [0.717, 1.165) is 11.8 Å². The lowest BCUT2D eigenvalue weighted by atomic mass is 9.92. The van der Waals surface area contributed by atoms with E-state index in [1.165, 1.54) is 44.9 Å². The number of hydrogen-bond donors (Lipinski definition) is 0. The van der Waals surface area contributed by atoms with Gasteiger partial charge in [-0.3, -0.25) is 0 Å². The van der Waals surface area contributed by atoms with E-state index in [2.05, 4.69) is 13.8 Å². The van der Waals surface area contributed by atoms with Crippen molar-refractivity contribution >= 4 is 0 Å². The molecule has 0 spiro atoms. The van der Waals surface area contributed by atoms with E-state index in [1.807, 2.05) is 0 Å². The molecule has 0 aromatic heterocycles. The second kappa shape index (κ2) is 4.79. The molecule has 1 unspecified atom stereocenters. The highest BCUT2D eigenvalue weighted by atomic mass is 14.3.